The lowest BCUT2D eigenvalue weighted by Gasteiger charge is -2.13. The normalized spacial score (nSPS) is 11.9. The Bertz CT molecular complexity index is 559. The van der Waals surface area contributed by atoms with Crippen molar-refractivity contribution < 1.29 is 14.3 Å². The Kier molecular flexibility index (Phi) is 4.42. The number of urea groups is 1. The van der Waals surface area contributed by atoms with Gasteiger partial charge >= 0.3 is 6.03 Å². The molecule has 0 aliphatic heterocycles. The van der Waals surface area contributed by atoms with Gasteiger partial charge in [0.2, 0.25) is 0 Å². The predicted molar refractivity (Wildman–Crippen MR) is 76.6 cm³/mol. The Hall–Kier alpha value is -2.27. The van der Waals surface area contributed by atoms with Crippen molar-refractivity contribution in [2.75, 3.05) is 11.9 Å². The van der Waals surface area contributed by atoms with E-state index in [1.165, 1.54) is 6.26 Å². The van der Waals surface area contributed by atoms with Crippen molar-refractivity contribution in [1.29, 1.82) is 0 Å². The number of aliphatic hydroxyl groups is 1. The van der Waals surface area contributed by atoms with Crippen LogP contribution in [0.1, 0.15) is 23.0 Å². The zero-order valence-electron chi connectivity index (χ0n) is 11.5. The topological polar surface area (TPSA) is 74.5 Å². The fraction of sp³-hybridized carbons (Fsp3) is 0.267. The minimum absolute atomic E-state index is 0.0876. The van der Waals surface area contributed by atoms with Gasteiger partial charge in [0.15, 0.2) is 0 Å². The number of aliphatic hydroxyl groups excluding tert-OH is 1. The van der Waals surface area contributed by atoms with Crippen molar-refractivity contribution in [3.05, 3.63) is 53.5 Å². The molecule has 0 aliphatic carbocycles. The molecule has 0 spiro atoms. The number of nitrogens with one attached hydrogen (secondary N) is 2. The first-order valence-electron chi connectivity index (χ1n) is 6.40. The lowest BCUT2D eigenvalue weighted by atomic mass is 10.1. The average Bonchev–Trinajstić information content (AvgIpc) is 2.94. The van der Waals surface area contributed by atoms with Crippen LogP contribution < -0.4 is 10.6 Å². The standard InChI is InChI=1S/C15H18N2O3/c1-10-5-3-6-11(2)14(10)17-15(19)16-9-12(18)13-7-4-8-20-13/h3-8,12,18H,9H2,1-2H3,(H2,16,17,19). The highest BCUT2D eigenvalue weighted by Crippen LogP contribution is 2.19. The number of carbonyl (C=O) groups is 1. The Labute approximate surface area is 117 Å². The number of rotatable bonds is 4. The van der Waals surface area contributed by atoms with Gasteiger partial charge in [0.05, 0.1) is 12.8 Å². The van der Waals surface area contributed by atoms with Crippen molar-refractivity contribution in [3.63, 3.8) is 0 Å². The molecule has 0 radical (unpaired) electrons. The van der Waals surface area contributed by atoms with Crippen molar-refractivity contribution >= 4 is 11.7 Å². The van der Waals surface area contributed by atoms with Crippen LogP contribution in [0.2, 0.25) is 0 Å². The lowest BCUT2D eigenvalue weighted by molar-refractivity contribution is 0.149. The molecule has 1 aromatic carbocycles. The molecule has 0 aliphatic rings. The second-order valence-electron chi connectivity index (χ2n) is 4.63. The molecule has 3 N–H and O–H groups in total. The summed E-state index contributed by atoms with van der Waals surface area (Å²) >= 11 is 0. The van der Waals surface area contributed by atoms with E-state index < -0.39 is 6.10 Å². The van der Waals surface area contributed by atoms with E-state index in [1.807, 2.05) is 32.0 Å². The third-order valence-corrected chi connectivity index (χ3v) is 3.05. The van der Waals surface area contributed by atoms with Crippen LogP contribution in [0.5, 0.6) is 0 Å². The second-order valence-corrected chi connectivity index (χ2v) is 4.63. The summed E-state index contributed by atoms with van der Waals surface area (Å²) in [6.45, 7) is 3.95. The van der Waals surface area contributed by atoms with Crippen LogP contribution in [0.3, 0.4) is 0 Å². The van der Waals surface area contributed by atoms with Gasteiger partial charge in [-0.1, -0.05) is 18.2 Å². The summed E-state index contributed by atoms with van der Waals surface area (Å²) < 4.78 is 5.06. The molecular formula is C15H18N2O3. The van der Waals surface area contributed by atoms with Gasteiger partial charge in [-0.2, -0.15) is 0 Å². The molecule has 0 fully saturated rings. The molecule has 2 aromatic rings. The summed E-state index contributed by atoms with van der Waals surface area (Å²) in [6, 6.07) is 8.80. The van der Waals surface area contributed by atoms with Gasteiger partial charge in [-0.3, -0.25) is 0 Å². The molecule has 5 nitrogen and oxygen atoms in total. The summed E-state index contributed by atoms with van der Waals surface area (Å²) in [4.78, 5) is 11.8. The van der Waals surface area contributed by atoms with E-state index in [4.69, 9.17) is 4.42 Å². The number of hydrogen-bond donors (Lipinski definition) is 3. The smallest absolute Gasteiger partial charge is 0.319 e. The second kappa shape index (κ2) is 6.25. The van der Waals surface area contributed by atoms with E-state index in [-0.39, 0.29) is 12.6 Å². The van der Waals surface area contributed by atoms with Gasteiger partial charge in [0.25, 0.3) is 0 Å². The zero-order valence-corrected chi connectivity index (χ0v) is 11.5. The fourth-order valence-electron chi connectivity index (χ4n) is 1.94. The maximum absolute atomic E-state index is 11.8. The van der Waals surface area contributed by atoms with E-state index in [0.717, 1.165) is 16.8 Å². The highest BCUT2D eigenvalue weighted by atomic mass is 16.4. The number of anilines is 1. The molecule has 2 rings (SSSR count). The van der Waals surface area contributed by atoms with Crippen LogP contribution in [0, 0.1) is 13.8 Å². The third kappa shape index (κ3) is 3.39. The average molecular weight is 274 g/mol. The number of carbonyl (C=O) groups excluding carboxylic acids is 1. The quantitative estimate of drug-likeness (QED) is 0.802. The summed E-state index contributed by atoms with van der Waals surface area (Å²) in [5.41, 5.74) is 2.77. The minimum atomic E-state index is -0.853. The van der Waals surface area contributed by atoms with Crippen molar-refractivity contribution in [2.24, 2.45) is 0 Å². The van der Waals surface area contributed by atoms with Crippen LogP contribution in [0.4, 0.5) is 10.5 Å². The molecular weight excluding hydrogens is 256 g/mol. The largest absolute Gasteiger partial charge is 0.467 e. The molecule has 106 valence electrons. The maximum atomic E-state index is 11.8. The Morgan fingerprint density at radius 3 is 2.55 bits per heavy atom. The molecule has 0 saturated heterocycles. The molecule has 1 heterocycles. The summed E-state index contributed by atoms with van der Waals surface area (Å²) in [5, 5.41) is 15.2. The number of furan rings is 1. The number of para-hydroxylation sites is 1. The molecule has 1 atom stereocenters. The first kappa shape index (κ1) is 14.1. The van der Waals surface area contributed by atoms with Crippen LogP contribution >= 0.6 is 0 Å². The van der Waals surface area contributed by atoms with Crippen LogP contribution in [0.15, 0.2) is 41.0 Å². The zero-order chi connectivity index (χ0) is 14.5. The van der Waals surface area contributed by atoms with E-state index in [0.29, 0.717) is 5.76 Å². The maximum Gasteiger partial charge on any atom is 0.319 e. The Morgan fingerprint density at radius 2 is 1.95 bits per heavy atom. The molecule has 1 aromatic heterocycles. The molecule has 0 saturated carbocycles. The van der Waals surface area contributed by atoms with E-state index in [1.54, 1.807) is 12.1 Å². The van der Waals surface area contributed by atoms with Crippen LogP contribution in [-0.2, 0) is 0 Å². The highest BCUT2D eigenvalue weighted by molar-refractivity contribution is 5.90. The van der Waals surface area contributed by atoms with E-state index in [2.05, 4.69) is 10.6 Å². The molecule has 0 bridgehead atoms. The van der Waals surface area contributed by atoms with Crippen LogP contribution in [-0.4, -0.2) is 17.7 Å². The van der Waals surface area contributed by atoms with Gasteiger partial charge in [-0.25, -0.2) is 4.79 Å². The minimum Gasteiger partial charge on any atom is -0.467 e. The molecule has 2 amide bonds. The van der Waals surface area contributed by atoms with Gasteiger partial charge in [-0.05, 0) is 37.1 Å². The van der Waals surface area contributed by atoms with E-state index >= 15 is 0 Å². The van der Waals surface area contributed by atoms with Crippen molar-refractivity contribution in [3.8, 4) is 0 Å². The summed E-state index contributed by atoms with van der Waals surface area (Å²) in [5.74, 6) is 0.428. The SMILES string of the molecule is Cc1cccc(C)c1NC(=O)NCC(O)c1ccco1. The van der Waals surface area contributed by atoms with E-state index in [9.17, 15) is 9.90 Å². The molecule has 5 heteroatoms. The Morgan fingerprint density at radius 1 is 1.25 bits per heavy atom. The monoisotopic (exact) mass is 274 g/mol. The predicted octanol–water partition coefficient (Wildman–Crippen LogP) is 2.75. The lowest BCUT2D eigenvalue weighted by Crippen LogP contribution is -2.32. The van der Waals surface area contributed by atoms with Crippen molar-refractivity contribution in [2.45, 2.75) is 20.0 Å². The summed E-state index contributed by atoms with van der Waals surface area (Å²) in [7, 11) is 0. The molecule has 1 unspecified atom stereocenters. The molecule has 20 heavy (non-hydrogen) atoms. The van der Waals surface area contributed by atoms with Gasteiger partial charge < -0.3 is 20.2 Å². The third-order valence-electron chi connectivity index (χ3n) is 3.05. The number of benzene rings is 1. The first-order valence-corrected chi connectivity index (χ1v) is 6.40. The number of amides is 2. The van der Waals surface area contributed by atoms with Crippen LogP contribution in [0.25, 0.3) is 0 Å². The first-order chi connectivity index (χ1) is 9.58. The fourth-order valence-corrected chi connectivity index (χ4v) is 1.94. The number of aryl methyl sites for hydroxylation is 2. The Balaban J connectivity index is 1.90. The summed E-state index contributed by atoms with van der Waals surface area (Å²) in [6.07, 6.45) is 0.628. The van der Waals surface area contributed by atoms with Gasteiger partial charge in [0.1, 0.15) is 11.9 Å². The highest BCUT2D eigenvalue weighted by Gasteiger charge is 2.12. The van der Waals surface area contributed by atoms with Gasteiger partial charge in [0, 0.05) is 5.69 Å². The van der Waals surface area contributed by atoms with Gasteiger partial charge in [-0.15, -0.1) is 0 Å². The number of hydrogen-bond acceptors (Lipinski definition) is 3. The van der Waals surface area contributed by atoms with Crippen molar-refractivity contribution in [1.82, 2.24) is 5.32 Å².